The van der Waals surface area contributed by atoms with Crippen LogP contribution < -0.4 is 0 Å². The normalized spacial score (nSPS) is 11.3. The molecule has 0 fully saturated rings. The van der Waals surface area contributed by atoms with Gasteiger partial charge in [-0.15, -0.1) is 0 Å². The largest absolute Gasteiger partial charge is 0.481 e. The summed E-state index contributed by atoms with van der Waals surface area (Å²) in [5, 5.41) is 8.56. The van der Waals surface area contributed by atoms with Crippen molar-refractivity contribution < 1.29 is 81.1 Å². The maximum Gasteiger partial charge on any atom is 0.305 e. The van der Waals surface area contributed by atoms with Crippen LogP contribution in [0.1, 0.15) is 84.0 Å². The second-order valence-electron chi connectivity index (χ2n) is 12.6. The molecule has 0 spiro atoms. The number of unbranched alkanes of at least 4 members (excludes halogenated alkanes) is 7. The van der Waals surface area contributed by atoms with Crippen molar-refractivity contribution in [2.75, 3.05) is 159 Å². The molecule has 0 aliphatic heterocycles. The SMILES string of the molecule is CCCCCCCCCC(=O)OCCOCCOCCOCCOCCOCCOCCOCCOCCOCCOCCOCCOC(=O)CCCCC(=O)O. The molecule has 338 valence electrons. The van der Waals surface area contributed by atoms with Crippen LogP contribution in [-0.2, 0) is 76.0 Å². The molecule has 0 heterocycles. The average Bonchev–Trinajstić information content (AvgIpc) is 3.20. The minimum Gasteiger partial charge on any atom is -0.481 e. The summed E-state index contributed by atoms with van der Waals surface area (Å²) < 4.78 is 70.2. The Labute approximate surface area is 341 Å². The van der Waals surface area contributed by atoms with Gasteiger partial charge in [0, 0.05) is 19.3 Å². The van der Waals surface area contributed by atoms with Crippen molar-refractivity contribution in [2.24, 2.45) is 0 Å². The molecule has 17 nitrogen and oxygen atoms in total. The Bertz CT molecular complexity index is 851. The number of aliphatic carboxylic acids is 1. The molecule has 0 unspecified atom stereocenters. The number of ether oxygens (including phenoxy) is 13. The summed E-state index contributed by atoms with van der Waals surface area (Å²) in [5.41, 5.74) is 0. The van der Waals surface area contributed by atoms with Crippen molar-refractivity contribution >= 4 is 17.9 Å². The predicted molar refractivity (Wildman–Crippen MR) is 210 cm³/mol. The van der Waals surface area contributed by atoms with Crippen LogP contribution in [0.25, 0.3) is 0 Å². The summed E-state index contributed by atoms with van der Waals surface area (Å²) in [7, 11) is 0. The summed E-state index contributed by atoms with van der Waals surface area (Å²) in [4.78, 5) is 33.6. The van der Waals surface area contributed by atoms with Crippen LogP contribution in [0.5, 0.6) is 0 Å². The standard InChI is InChI=1S/C40H76O17/c1-2-3-4-5-6-7-8-12-39(43)56-36-34-54-32-30-52-28-26-50-24-22-48-20-18-46-16-14-45-15-17-47-19-21-49-23-25-51-27-29-53-31-33-55-35-37-57-40(44)13-10-9-11-38(41)42/h2-37H2,1H3,(H,41,42). The summed E-state index contributed by atoms with van der Waals surface area (Å²) in [6.07, 6.45) is 9.96. The van der Waals surface area contributed by atoms with Gasteiger partial charge in [-0.1, -0.05) is 45.4 Å². The van der Waals surface area contributed by atoms with Crippen molar-refractivity contribution in [1.82, 2.24) is 0 Å². The Morgan fingerprint density at radius 3 is 0.772 bits per heavy atom. The molecule has 0 aromatic carbocycles. The minimum atomic E-state index is -0.865. The molecule has 0 aromatic rings. The highest BCUT2D eigenvalue weighted by molar-refractivity contribution is 5.70. The Balaban J connectivity index is 3.13. The zero-order valence-corrected chi connectivity index (χ0v) is 34.9. The van der Waals surface area contributed by atoms with Crippen molar-refractivity contribution in [3.05, 3.63) is 0 Å². The van der Waals surface area contributed by atoms with Crippen LogP contribution in [0.2, 0.25) is 0 Å². The molecular formula is C40H76O17. The number of rotatable bonds is 49. The number of hydrogen-bond donors (Lipinski definition) is 1. The van der Waals surface area contributed by atoms with E-state index in [4.69, 9.17) is 66.7 Å². The number of carbonyl (C=O) groups excluding carboxylic acids is 2. The molecule has 1 N–H and O–H groups in total. The van der Waals surface area contributed by atoms with Crippen molar-refractivity contribution in [2.45, 2.75) is 84.0 Å². The van der Waals surface area contributed by atoms with E-state index in [0.29, 0.717) is 158 Å². The van der Waals surface area contributed by atoms with Gasteiger partial charge in [-0.3, -0.25) is 14.4 Å². The predicted octanol–water partition coefficient (Wildman–Crippen LogP) is 4.04. The fourth-order valence-electron chi connectivity index (χ4n) is 4.65. The maximum atomic E-state index is 11.7. The first kappa shape index (κ1) is 55.0. The van der Waals surface area contributed by atoms with Gasteiger partial charge < -0.3 is 66.7 Å². The van der Waals surface area contributed by atoms with Gasteiger partial charge in [-0.2, -0.15) is 0 Å². The quantitative estimate of drug-likeness (QED) is 0.0682. The molecule has 0 radical (unpaired) electrons. The highest BCUT2D eigenvalue weighted by Crippen LogP contribution is 2.09. The minimum absolute atomic E-state index is 0.0567. The molecule has 0 saturated heterocycles. The topological polar surface area (TPSA) is 191 Å². The number of carbonyl (C=O) groups is 3. The van der Waals surface area contributed by atoms with Gasteiger partial charge in [0.25, 0.3) is 0 Å². The van der Waals surface area contributed by atoms with Crippen molar-refractivity contribution in [1.29, 1.82) is 0 Å². The van der Waals surface area contributed by atoms with E-state index in [2.05, 4.69) is 6.92 Å². The molecular weight excluding hydrogens is 752 g/mol. The molecule has 0 aromatic heterocycles. The van der Waals surface area contributed by atoms with Crippen LogP contribution >= 0.6 is 0 Å². The van der Waals surface area contributed by atoms with E-state index in [1.807, 2.05) is 0 Å². The summed E-state index contributed by atoms with van der Waals surface area (Å²) >= 11 is 0. The maximum absolute atomic E-state index is 11.7. The van der Waals surface area contributed by atoms with Crippen LogP contribution in [0.3, 0.4) is 0 Å². The second kappa shape index (κ2) is 48.3. The van der Waals surface area contributed by atoms with Gasteiger partial charge in [0.1, 0.15) is 13.2 Å². The monoisotopic (exact) mass is 829 g/mol. The van der Waals surface area contributed by atoms with Gasteiger partial charge >= 0.3 is 17.9 Å². The third kappa shape index (κ3) is 50.0. The third-order valence-electron chi connectivity index (χ3n) is 7.71. The Kier molecular flexibility index (Phi) is 46.6. The highest BCUT2D eigenvalue weighted by atomic mass is 16.6. The number of hydrogen-bond acceptors (Lipinski definition) is 16. The lowest BCUT2D eigenvalue weighted by atomic mass is 10.1. The lowest BCUT2D eigenvalue weighted by molar-refractivity contribution is -0.146. The van der Waals surface area contributed by atoms with Gasteiger partial charge in [0.15, 0.2) is 0 Å². The molecule has 17 heteroatoms. The smallest absolute Gasteiger partial charge is 0.305 e. The first-order valence-electron chi connectivity index (χ1n) is 20.9. The fraction of sp³-hybridized carbons (Fsp3) is 0.925. The second-order valence-corrected chi connectivity index (χ2v) is 12.6. The first-order valence-corrected chi connectivity index (χ1v) is 20.9. The first-order chi connectivity index (χ1) is 28.1. The Morgan fingerprint density at radius 1 is 0.298 bits per heavy atom. The van der Waals surface area contributed by atoms with Gasteiger partial charge in [-0.25, -0.2) is 0 Å². The fourth-order valence-corrected chi connectivity index (χ4v) is 4.65. The number of esters is 2. The average molecular weight is 829 g/mol. The van der Waals surface area contributed by atoms with E-state index in [1.54, 1.807) is 0 Å². The number of carboxylic acid groups (broad SMARTS) is 1. The molecule has 57 heavy (non-hydrogen) atoms. The lowest BCUT2D eigenvalue weighted by Gasteiger charge is -2.09. The van der Waals surface area contributed by atoms with Gasteiger partial charge in [-0.05, 0) is 19.3 Å². The van der Waals surface area contributed by atoms with E-state index in [1.165, 1.54) is 32.1 Å². The highest BCUT2D eigenvalue weighted by Gasteiger charge is 2.05. The van der Waals surface area contributed by atoms with E-state index in [0.717, 1.165) is 12.8 Å². The molecule has 0 aliphatic carbocycles. The molecule has 0 aliphatic rings. The number of carboxylic acids is 1. The van der Waals surface area contributed by atoms with Crippen molar-refractivity contribution in [3.63, 3.8) is 0 Å². The summed E-state index contributed by atoms with van der Waals surface area (Å²) in [6, 6.07) is 0. The molecule has 0 bridgehead atoms. The summed E-state index contributed by atoms with van der Waals surface area (Å²) in [6.45, 7) is 12.5. The van der Waals surface area contributed by atoms with E-state index >= 15 is 0 Å². The van der Waals surface area contributed by atoms with Crippen LogP contribution in [0.15, 0.2) is 0 Å². The molecule has 0 amide bonds. The molecule has 0 rings (SSSR count). The van der Waals surface area contributed by atoms with Crippen LogP contribution in [0, 0.1) is 0 Å². The molecule has 0 atom stereocenters. The lowest BCUT2D eigenvalue weighted by Crippen LogP contribution is -2.16. The Morgan fingerprint density at radius 2 is 0.509 bits per heavy atom. The molecule has 0 saturated carbocycles. The Hall–Kier alpha value is -2.03. The van der Waals surface area contributed by atoms with Crippen LogP contribution in [0.4, 0.5) is 0 Å². The van der Waals surface area contributed by atoms with E-state index in [-0.39, 0.29) is 44.6 Å². The third-order valence-corrected chi connectivity index (χ3v) is 7.71. The van der Waals surface area contributed by atoms with E-state index in [9.17, 15) is 14.4 Å². The zero-order valence-electron chi connectivity index (χ0n) is 34.9. The van der Waals surface area contributed by atoms with E-state index < -0.39 is 5.97 Å². The zero-order chi connectivity index (χ0) is 41.4. The van der Waals surface area contributed by atoms with Crippen LogP contribution in [-0.4, -0.2) is 182 Å². The summed E-state index contributed by atoms with van der Waals surface area (Å²) in [5.74, 6) is -1.36. The van der Waals surface area contributed by atoms with Gasteiger partial charge in [0.05, 0.1) is 145 Å². The van der Waals surface area contributed by atoms with Crippen molar-refractivity contribution in [3.8, 4) is 0 Å². The van der Waals surface area contributed by atoms with Gasteiger partial charge in [0.2, 0.25) is 0 Å².